The number of carbonyl (C=O) groups excluding carboxylic acids is 2. The SMILES string of the molecule is Cc1ccc(C(=O)NC(O)NC2CCC(C)CN2)cc1C1CC2CNC(C)CC2N(C)C1=O. The molecule has 0 bridgehead atoms. The summed E-state index contributed by atoms with van der Waals surface area (Å²) in [6, 6.07) is 6.17. The largest absolute Gasteiger partial charge is 0.361 e. The van der Waals surface area contributed by atoms with Crippen LogP contribution in [0, 0.1) is 18.8 Å². The van der Waals surface area contributed by atoms with Crippen LogP contribution < -0.4 is 21.3 Å². The summed E-state index contributed by atoms with van der Waals surface area (Å²) in [7, 11) is 1.91. The number of fused-ring (bicyclic) bond motifs is 1. The Hall–Kier alpha value is -2.00. The van der Waals surface area contributed by atoms with E-state index in [2.05, 4.69) is 35.1 Å². The van der Waals surface area contributed by atoms with Gasteiger partial charge in [0.1, 0.15) is 0 Å². The first kappa shape index (κ1) is 24.1. The Morgan fingerprint density at radius 3 is 2.70 bits per heavy atom. The van der Waals surface area contributed by atoms with Crippen LogP contribution in [0.5, 0.6) is 0 Å². The van der Waals surface area contributed by atoms with E-state index in [0.717, 1.165) is 49.9 Å². The Balaban J connectivity index is 1.44. The number of carbonyl (C=O) groups is 2. The zero-order valence-electron chi connectivity index (χ0n) is 20.2. The Kier molecular flexibility index (Phi) is 7.38. The lowest BCUT2D eigenvalue weighted by molar-refractivity contribution is -0.140. The van der Waals surface area contributed by atoms with E-state index in [1.54, 1.807) is 6.07 Å². The van der Waals surface area contributed by atoms with Crippen molar-refractivity contribution in [2.45, 2.75) is 77.0 Å². The van der Waals surface area contributed by atoms with E-state index in [0.29, 0.717) is 23.4 Å². The van der Waals surface area contributed by atoms with Crippen molar-refractivity contribution in [2.24, 2.45) is 11.8 Å². The number of rotatable bonds is 5. The molecule has 0 radical (unpaired) electrons. The summed E-state index contributed by atoms with van der Waals surface area (Å²) in [5.41, 5.74) is 2.37. The summed E-state index contributed by atoms with van der Waals surface area (Å²) in [5, 5.41) is 22.9. The van der Waals surface area contributed by atoms with Gasteiger partial charge in [-0.05, 0) is 81.2 Å². The van der Waals surface area contributed by atoms with Gasteiger partial charge in [-0.15, -0.1) is 0 Å². The quantitative estimate of drug-likeness (QED) is 0.426. The molecule has 1 aromatic carbocycles. The molecule has 2 amide bonds. The number of likely N-dealkylation sites (N-methyl/N-ethyl adjacent to an activating group) is 1. The summed E-state index contributed by atoms with van der Waals surface area (Å²) < 4.78 is 0. The van der Waals surface area contributed by atoms with Crippen LogP contribution in [-0.4, -0.2) is 66.6 Å². The number of hydrogen-bond donors (Lipinski definition) is 5. The Labute approximate surface area is 196 Å². The number of benzene rings is 1. The fourth-order valence-electron chi connectivity index (χ4n) is 5.65. The monoisotopic (exact) mass is 457 g/mol. The molecule has 5 N–H and O–H groups in total. The van der Waals surface area contributed by atoms with Crippen LogP contribution in [0.2, 0.25) is 0 Å². The van der Waals surface area contributed by atoms with Crippen LogP contribution in [0.15, 0.2) is 18.2 Å². The summed E-state index contributed by atoms with van der Waals surface area (Å²) >= 11 is 0. The third-order valence-electron chi connectivity index (χ3n) is 7.75. The molecular formula is C25H39N5O3. The van der Waals surface area contributed by atoms with Crippen molar-refractivity contribution in [2.75, 3.05) is 20.1 Å². The highest BCUT2D eigenvalue weighted by atomic mass is 16.3. The molecule has 3 aliphatic rings. The van der Waals surface area contributed by atoms with Crippen molar-refractivity contribution >= 4 is 11.8 Å². The van der Waals surface area contributed by atoms with Crippen molar-refractivity contribution in [3.05, 3.63) is 34.9 Å². The van der Waals surface area contributed by atoms with Crippen LogP contribution in [0.3, 0.4) is 0 Å². The summed E-state index contributed by atoms with van der Waals surface area (Å²) in [6.45, 7) is 8.15. The molecule has 3 fully saturated rings. The van der Waals surface area contributed by atoms with Gasteiger partial charge in [0.05, 0.1) is 12.1 Å². The highest BCUT2D eigenvalue weighted by Gasteiger charge is 2.43. The van der Waals surface area contributed by atoms with Gasteiger partial charge >= 0.3 is 0 Å². The molecule has 4 rings (SSSR count). The van der Waals surface area contributed by atoms with Crippen LogP contribution in [-0.2, 0) is 4.79 Å². The zero-order chi connectivity index (χ0) is 23.7. The van der Waals surface area contributed by atoms with E-state index >= 15 is 0 Å². The fourth-order valence-corrected chi connectivity index (χ4v) is 5.65. The van der Waals surface area contributed by atoms with E-state index in [4.69, 9.17) is 0 Å². The smallest absolute Gasteiger partial charge is 0.254 e. The van der Waals surface area contributed by atoms with Crippen LogP contribution in [0.25, 0.3) is 0 Å². The van der Waals surface area contributed by atoms with E-state index in [9.17, 15) is 14.7 Å². The number of nitrogens with one attached hydrogen (secondary N) is 4. The molecular weight excluding hydrogens is 418 g/mol. The lowest BCUT2D eigenvalue weighted by atomic mass is 9.75. The number of hydrogen-bond acceptors (Lipinski definition) is 6. The minimum Gasteiger partial charge on any atom is -0.361 e. The Morgan fingerprint density at radius 1 is 1.18 bits per heavy atom. The maximum Gasteiger partial charge on any atom is 0.254 e. The first-order valence-corrected chi connectivity index (χ1v) is 12.3. The van der Waals surface area contributed by atoms with Crippen LogP contribution in [0.1, 0.15) is 66.9 Å². The van der Waals surface area contributed by atoms with Crippen LogP contribution in [0.4, 0.5) is 0 Å². The predicted octanol–water partition coefficient (Wildman–Crippen LogP) is 1.25. The molecule has 0 aliphatic carbocycles. The third kappa shape index (κ3) is 5.40. The second kappa shape index (κ2) is 10.1. The number of piperidine rings is 3. The molecule has 3 saturated heterocycles. The van der Waals surface area contributed by atoms with Crippen molar-refractivity contribution in [3.8, 4) is 0 Å². The van der Waals surface area contributed by atoms with Gasteiger partial charge < -0.3 is 26.0 Å². The van der Waals surface area contributed by atoms with E-state index in [-0.39, 0.29) is 29.9 Å². The predicted molar refractivity (Wildman–Crippen MR) is 127 cm³/mol. The number of nitrogens with zero attached hydrogens (tertiary/aromatic N) is 1. The molecule has 7 atom stereocenters. The number of aliphatic hydroxyl groups excluding tert-OH is 1. The van der Waals surface area contributed by atoms with Gasteiger partial charge in [-0.25, -0.2) is 0 Å². The molecule has 7 unspecified atom stereocenters. The Morgan fingerprint density at radius 2 is 1.97 bits per heavy atom. The van der Waals surface area contributed by atoms with Crippen LogP contribution >= 0.6 is 0 Å². The van der Waals surface area contributed by atoms with E-state index < -0.39 is 6.35 Å². The molecule has 0 spiro atoms. The minimum absolute atomic E-state index is 0.0276. The third-order valence-corrected chi connectivity index (χ3v) is 7.75. The summed E-state index contributed by atoms with van der Waals surface area (Å²) in [5.74, 6) is 0.539. The fraction of sp³-hybridized carbons (Fsp3) is 0.680. The molecule has 3 heterocycles. The van der Waals surface area contributed by atoms with Gasteiger partial charge in [0.15, 0.2) is 6.35 Å². The maximum absolute atomic E-state index is 13.3. The van der Waals surface area contributed by atoms with Crippen molar-refractivity contribution in [3.63, 3.8) is 0 Å². The topological polar surface area (TPSA) is 106 Å². The van der Waals surface area contributed by atoms with Gasteiger partial charge in [-0.1, -0.05) is 13.0 Å². The van der Waals surface area contributed by atoms with Gasteiger partial charge in [-0.3, -0.25) is 14.9 Å². The molecule has 3 aliphatic heterocycles. The average molecular weight is 458 g/mol. The minimum atomic E-state index is -1.15. The van der Waals surface area contributed by atoms with Crippen molar-refractivity contribution in [1.82, 2.24) is 26.2 Å². The number of amides is 2. The molecule has 182 valence electrons. The Bertz CT molecular complexity index is 870. The highest BCUT2D eigenvalue weighted by Crippen LogP contribution is 2.38. The standard InChI is InChI=1S/C25H39N5O3/c1-14-5-8-22(27-12-14)28-25(33)29-23(31)17-7-6-15(2)19(10-17)20-11-18-13-26-16(3)9-21(18)30(4)24(20)32/h6-7,10,14,16,18,20-22,25-28,33H,5,8-9,11-13H2,1-4H3,(H,29,31). The summed E-state index contributed by atoms with van der Waals surface area (Å²) in [6.07, 6.45) is 2.56. The molecule has 0 aromatic heterocycles. The normalized spacial score (nSPS) is 33.4. The number of aliphatic hydroxyl groups is 1. The highest BCUT2D eigenvalue weighted by molar-refractivity contribution is 5.95. The second-order valence-corrected chi connectivity index (χ2v) is 10.4. The van der Waals surface area contributed by atoms with Crippen molar-refractivity contribution < 1.29 is 14.7 Å². The summed E-state index contributed by atoms with van der Waals surface area (Å²) in [4.78, 5) is 28.1. The second-order valence-electron chi connectivity index (χ2n) is 10.4. The zero-order valence-corrected chi connectivity index (χ0v) is 20.2. The van der Waals surface area contributed by atoms with Gasteiger partial charge in [-0.2, -0.15) is 0 Å². The molecule has 1 aromatic rings. The molecule has 8 heteroatoms. The van der Waals surface area contributed by atoms with Gasteiger partial charge in [0.25, 0.3) is 5.91 Å². The lowest BCUT2D eigenvalue weighted by Crippen LogP contribution is -2.58. The average Bonchev–Trinajstić information content (AvgIpc) is 2.78. The van der Waals surface area contributed by atoms with E-state index in [1.165, 1.54) is 0 Å². The lowest BCUT2D eigenvalue weighted by Gasteiger charge is -2.47. The number of aryl methyl sites for hydroxylation is 1. The first-order valence-electron chi connectivity index (χ1n) is 12.3. The van der Waals surface area contributed by atoms with Crippen molar-refractivity contribution in [1.29, 1.82) is 0 Å². The van der Waals surface area contributed by atoms with Gasteiger partial charge in [0.2, 0.25) is 5.91 Å². The van der Waals surface area contributed by atoms with E-state index in [1.807, 2.05) is 31.0 Å². The molecule has 33 heavy (non-hydrogen) atoms. The molecule has 8 nitrogen and oxygen atoms in total. The molecule has 0 saturated carbocycles. The maximum atomic E-state index is 13.3. The van der Waals surface area contributed by atoms with Gasteiger partial charge in [0, 0.05) is 31.2 Å². The first-order chi connectivity index (χ1) is 15.7. The number of likely N-dealkylation sites (tertiary alicyclic amines) is 1.